The monoisotopic (exact) mass is 433 g/mol. The Hall–Kier alpha value is -1.85. The Morgan fingerprint density at radius 3 is 2.33 bits per heavy atom. The van der Waals surface area contributed by atoms with Gasteiger partial charge in [-0.3, -0.25) is 4.79 Å². The minimum atomic E-state index is -0.0649. The van der Waals surface area contributed by atoms with E-state index in [1.165, 1.54) is 5.56 Å². The molecule has 3 aromatic rings. The maximum Gasteiger partial charge on any atom is 1.00 e. The zero-order valence-electron chi connectivity index (χ0n) is 12.8. The quantitative estimate of drug-likeness (QED) is 0.417. The first-order valence-corrected chi connectivity index (χ1v) is 7.16. The predicted molar refractivity (Wildman–Crippen MR) is 84.1 cm³/mol. The van der Waals surface area contributed by atoms with Crippen LogP contribution >= 0.6 is 0 Å². The second kappa shape index (κ2) is 10.1. The maximum atomic E-state index is 12.0. The third-order valence-corrected chi connectivity index (χ3v) is 3.25. The third-order valence-electron chi connectivity index (χ3n) is 3.25. The van der Waals surface area contributed by atoms with Crippen LogP contribution in [0.2, 0.25) is 0 Å². The average molecular weight is 435 g/mol. The van der Waals surface area contributed by atoms with Crippen LogP contribution in [0.5, 0.6) is 0 Å². The van der Waals surface area contributed by atoms with Crippen molar-refractivity contribution in [1.29, 1.82) is 0 Å². The number of nitrogens with one attached hydrogen (secondary N) is 1. The number of amides is 1. The standard InChI is InChI=1S/C18H17N3O.Ag.ClH/c22-18(19-17-9-5-2-6-10-17)14-21-12-11-20(15-21)13-16-7-3-1-4-8-16;;/h1-12H,13-14H2,(H,19,22);;1H/q2*+1;/p-1. The van der Waals surface area contributed by atoms with E-state index in [1.54, 1.807) is 4.57 Å². The van der Waals surface area contributed by atoms with Crippen molar-refractivity contribution in [2.45, 2.75) is 13.1 Å². The number of hydrogen-bond acceptors (Lipinski definition) is 1. The van der Waals surface area contributed by atoms with Gasteiger partial charge in [-0.05, 0) is 17.7 Å². The minimum absolute atomic E-state index is 0. The fourth-order valence-electron chi connectivity index (χ4n) is 2.23. The second-order valence-corrected chi connectivity index (χ2v) is 5.05. The molecule has 3 rings (SSSR count). The van der Waals surface area contributed by atoms with Gasteiger partial charge in [-0.15, -0.1) is 0 Å². The van der Waals surface area contributed by atoms with Gasteiger partial charge < -0.3 is 17.7 Å². The molecule has 4 nitrogen and oxygen atoms in total. The fourth-order valence-corrected chi connectivity index (χ4v) is 2.23. The predicted octanol–water partition coefficient (Wildman–Crippen LogP) is -0.736. The van der Waals surface area contributed by atoms with Crippen molar-refractivity contribution < 1.29 is 44.1 Å². The summed E-state index contributed by atoms with van der Waals surface area (Å²) in [7, 11) is 0. The Morgan fingerprint density at radius 1 is 1.04 bits per heavy atom. The number of anilines is 1. The Bertz CT molecular complexity index is 747. The van der Waals surface area contributed by atoms with Crippen LogP contribution in [0.3, 0.4) is 0 Å². The van der Waals surface area contributed by atoms with E-state index >= 15 is 0 Å². The van der Waals surface area contributed by atoms with Crippen LogP contribution in [0.15, 0.2) is 73.1 Å². The smallest absolute Gasteiger partial charge is 1.00 e. The maximum absolute atomic E-state index is 12.0. The van der Waals surface area contributed by atoms with E-state index in [0.29, 0.717) is 0 Å². The first-order valence-electron chi connectivity index (χ1n) is 7.16. The summed E-state index contributed by atoms with van der Waals surface area (Å²) < 4.78 is 3.69. The molecule has 24 heavy (non-hydrogen) atoms. The van der Waals surface area contributed by atoms with Gasteiger partial charge in [-0.2, -0.15) is 0 Å². The SMILES string of the molecule is O=C(Cn1[c][n+](Cc2ccccc2)cc1)Nc1ccccc1.[Ag+].[Cl-]. The molecule has 0 atom stereocenters. The second-order valence-electron chi connectivity index (χ2n) is 5.05. The van der Waals surface area contributed by atoms with E-state index in [-0.39, 0.29) is 47.2 Å². The molecule has 0 aliphatic carbocycles. The van der Waals surface area contributed by atoms with Crippen molar-refractivity contribution in [1.82, 2.24) is 4.57 Å². The molecule has 2 aromatic carbocycles. The van der Waals surface area contributed by atoms with Gasteiger partial charge in [0, 0.05) is 5.69 Å². The largest absolute Gasteiger partial charge is 1.00 e. The van der Waals surface area contributed by atoms with Gasteiger partial charge in [0.1, 0.15) is 18.9 Å². The van der Waals surface area contributed by atoms with Crippen molar-refractivity contribution >= 4 is 11.6 Å². The molecule has 1 radical (unpaired) electrons. The van der Waals surface area contributed by atoms with Gasteiger partial charge >= 0.3 is 28.7 Å². The molecule has 1 amide bonds. The molecule has 0 saturated carbocycles. The molecule has 1 aromatic heterocycles. The van der Waals surface area contributed by atoms with E-state index < -0.39 is 0 Å². The van der Waals surface area contributed by atoms with Crippen LogP contribution < -0.4 is 22.3 Å². The molecule has 0 bridgehead atoms. The van der Waals surface area contributed by atoms with Crippen LogP contribution in [-0.4, -0.2) is 10.5 Å². The summed E-state index contributed by atoms with van der Waals surface area (Å²) in [5.74, 6) is -0.0649. The van der Waals surface area contributed by atoms with Gasteiger partial charge in [0.25, 0.3) is 5.91 Å². The van der Waals surface area contributed by atoms with E-state index in [2.05, 4.69) is 23.8 Å². The number of carbonyl (C=O) groups excluding carboxylic acids is 1. The number of nitrogens with zero attached hydrogens (tertiary/aromatic N) is 2. The third kappa shape index (κ3) is 5.98. The molecular weight excluding hydrogens is 418 g/mol. The molecule has 0 unspecified atom stereocenters. The Labute approximate surface area is 163 Å². The van der Waals surface area contributed by atoms with E-state index in [0.717, 1.165) is 12.2 Å². The van der Waals surface area contributed by atoms with Crippen molar-refractivity contribution in [3.05, 3.63) is 84.9 Å². The molecule has 0 saturated heterocycles. The average Bonchev–Trinajstić information content (AvgIpc) is 2.96. The van der Waals surface area contributed by atoms with E-state index in [4.69, 9.17) is 0 Å². The zero-order valence-corrected chi connectivity index (χ0v) is 15.1. The van der Waals surface area contributed by atoms with Crippen LogP contribution in [0.1, 0.15) is 5.56 Å². The summed E-state index contributed by atoms with van der Waals surface area (Å²) in [4.78, 5) is 12.0. The van der Waals surface area contributed by atoms with Crippen molar-refractivity contribution in [3.8, 4) is 0 Å². The number of rotatable bonds is 5. The number of benzene rings is 2. The molecule has 0 aliphatic heterocycles. The van der Waals surface area contributed by atoms with Crippen molar-refractivity contribution in [3.63, 3.8) is 0 Å². The minimum Gasteiger partial charge on any atom is -1.00 e. The van der Waals surface area contributed by atoms with Crippen LogP contribution in [0, 0.1) is 6.33 Å². The molecule has 6 heteroatoms. The summed E-state index contributed by atoms with van der Waals surface area (Å²) in [5, 5.41) is 2.86. The van der Waals surface area contributed by atoms with E-state index in [1.807, 2.05) is 65.5 Å². The van der Waals surface area contributed by atoms with E-state index in [9.17, 15) is 4.79 Å². The summed E-state index contributed by atoms with van der Waals surface area (Å²) in [6.45, 7) is 0.991. The molecule has 127 valence electrons. The number of hydrogen-bond donors (Lipinski definition) is 1. The molecule has 0 spiro atoms. The number of imidazole rings is 1. The Balaban J connectivity index is 0.00000144. The Kier molecular flexibility index (Phi) is 8.50. The summed E-state index contributed by atoms with van der Waals surface area (Å²) in [6.07, 6.45) is 6.92. The van der Waals surface area contributed by atoms with Gasteiger partial charge in [0.15, 0.2) is 6.54 Å². The summed E-state index contributed by atoms with van der Waals surface area (Å²) >= 11 is 0. The number of para-hydroxylation sites is 1. The number of carbonyl (C=O) groups is 1. The van der Waals surface area contributed by atoms with Crippen LogP contribution in [0.4, 0.5) is 5.69 Å². The summed E-state index contributed by atoms with van der Waals surface area (Å²) in [6, 6.07) is 19.6. The fraction of sp³-hybridized carbons (Fsp3) is 0.111. The number of halogens is 1. The van der Waals surface area contributed by atoms with Gasteiger partial charge in [-0.25, -0.2) is 9.13 Å². The summed E-state index contributed by atoms with van der Waals surface area (Å²) in [5.41, 5.74) is 2.01. The van der Waals surface area contributed by atoms with Gasteiger partial charge in [0.05, 0.1) is 0 Å². The normalized spacial score (nSPS) is 9.50. The first kappa shape index (κ1) is 20.2. The Morgan fingerprint density at radius 2 is 1.67 bits per heavy atom. The van der Waals surface area contributed by atoms with Crippen LogP contribution in [-0.2, 0) is 40.3 Å². The van der Waals surface area contributed by atoms with Crippen molar-refractivity contribution in [2.24, 2.45) is 0 Å². The van der Waals surface area contributed by atoms with Gasteiger partial charge in [0.2, 0.25) is 0 Å². The molecule has 0 fully saturated rings. The molecular formula is C18H17AgClN3O+. The molecule has 1 N–H and O–H groups in total. The zero-order chi connectivity index (χ0) is 15.2. The molecule has 0 aliphatic rings. The van der Waals surface area contributed by atoms with Gasteiger partial charge in [-0.1, -0.05) is 48.5 Å². The molecule has 1 heterocycles. The topological polar surface area (TPSA) is 37.9 Å². The van der Waals surface area contributed by atoms with Crippen LogP contribution in [0.25, 0.3) is 0 Å². The van der Waals surface area contributed by atoms with Crippen molar-refractivity contribution in [2.75, 3.05) is 5.32 Å². The first-order chi connectivity index (χ1) is 10.8. The number of aromatic nitrogens is 2.